The molecule has 0 aliphatic rings. The fourth-order valence-corrected chi connectivity index (χ4v) is 1.66. The van der Waals surface area contributed by atoms with Gasteiger partial charge < -0.3 is 10.4 Å². The van der Waals surface area contributed by atoms with Crippen molar-refractivity contribution in [1.29, 1.82) is 0 Å². The molecule has 5 nitrogen and oxygen atoms in total. The van der Waals surface area contributed by atoms with Gasteiger partial charge in [0.2, 0.25) is 0 Å². The first-order valence-corrected chi connectivity index (χ1v) is 5.69. The Morgan fingerprint density at radius 2 is 2.17 bits per heavy atom. The number of rotatable bonds is 4. The second kappa shape index (κ2) is 5.46. The van der Waals surface area contributed by atoms with Gasteiger partial charge in [-0.15, -0.1) is 0 Å². The minimum Gasteiger partial charge on any atom is -0.387 e. The first-order valence-electron chi connectivity index (χ1n) is 5.69. The van der Waals surface area contributed by atoms with Gasteiger partial charge >= 0.3 is 0 Å². The normalized spacial score (nSPS) is 12.1. The van der Waals surface area contributed by atoms with Crippen LogP contribution in [0.4, 0.5) is 0 Å². The lowest BCUT2D eigenvalue weighted by Crippen LogP contribution is -2.28. The Morgan fingerprint density at radius 1 is 1.44 bits per heavy atom. The highest BCUT2D eigenvalue weighted by molar-refractivity contribution is 5.94. The molecular weight excluding hydrogens is 230 g/mol. The molecule has 94 valence electrons. The number of aromatic amines is 1. The van der Waals surface area contributed by atoms with Gasteiger partial charge in [-0.2, -0.15) is 5.10 Å². The van der Waals surface area contributed by atoms with Crippen LogP contribution in [-0.2, 0) is 0 Å². The van der Waals surface area contributed by atoms with E-state index < -0.39 is 6.10 Å². The zero-order chi connectivity index (χ0) is 13.0. The Labute approximate surface area is 105 Å². The van der Waals surface area contributed by atoms with E-state index in [9.17, 15) is 9.90 Å². The lowest BCUT2D eigenvalue weighted by molar-refractivity contribution is 0.0916. The number of aliphatic hydroxyl groups excluding tert-OH is 1. The Kier molecular flexibility index (Phi) is 3.74. The standard InChI is InChI=1S/C13H15N3O2/c1-9-11(7-15-16-9)13(18)14-8-12(17)10-5-3-2-4-6-10/h2-7,12,17H,8H2,1H3,(H,14,18)(H,15,16). The molecule has 0 radical (unpaired) electrons. The maximum Gasteiger partial charge on any atom is 0.254 e. The van der Waals surface area contributed by atoms with Crippen molar-refractivity contribution in [3.05, 3.63) is 53.3 Å². The SMILES string of the molecule is Cc1[nH]ncc1C(=O)NCC(O)c1ccccc1. The molecular formula is C13H15N3O2. The average molecular weight is 245 g/mol. The van der Waals surface area contributed by atoms with E-state index in [2.05, 4.69) is 15.5 Å². The van der Waals surface area contributed by atoms with Crippen LogP contribution in [0.2, 0.25) is 0 Å². The molecule has 0 aliphatic carbocycles. The maximum atomic E-state index is 11.8. The molecule has 0 bridgehead atoms. The number of aryl methyl sites for hydroxylation is 1. The molecule has 5 heteroatoms. The van der Waals surface area contributed by atoms with Crippen molar-refractivity contribution in [3.63, 3.8) is 0 Å². The van der Waals surface area contributed by atoms with Gasteiger partial charge in [0.1, 0.15) is 0 Å². The van der Waals surface area contributed by atoms with Gasteiger partial charge in [0.05, 0.1) is 17.9 Å². The number of benzene rings is 1. The van der Waals surface area contributed by atoms with Crippen LogP contribution in [0, 0.1) is 6.92 Å². The van der Waals surface area contributed by atoms with Crippen molar-refractivity contribution < 1.29 is 9.90 Å². The van der Waals surface area contributed by atoms with Gasteiger partial charge in [-0.3, -0.25) is 9.89 Å². The topological polar surface area (TPSA) is 78.0 Å². The predicted octanol–water partition coefficient (Wildman–Crippen LogP) is 1.18. The summed E-state index contributed by atoms with van der Waals surface area (Å²) in [6.07, 6.45) is 0.766. The highest BCUT2D eigenvalue weighted by Crippen LogP contribution is 2.11. The summed E-state index contributed by atoms with van der Waals surface area (Å²) in [7, 11) is 0. The molecule has 1 aromatic heterocycles. The lowest BCUT2D eigenvalue weighted by Gasteiger charge is -2.11. The highest BCUT2D eigenvalue weighted by atomic mass is 16.3. The maximum absolute atomic E-state index is 11.8. The number of aromatic nitrogens is 2. The summed E-state index contributed by atoms with van der Waals surface area (Å²) < 4.78 is 0. The summed E-state index contributed by atoms with van der Waals surface area (Å²) in [4.78, 5) is 11.8. The number of hydrogen-bond acceptors (Lipinski definition) is 3. The van der Waals surface area contributed by atoms with Gasteiger partial charge in [-0.25, -0.2) is 0 Å². The number of carbonyl (C=O) groups is 1. The van der Waals surface area contributed by atoms with Crippen LogP contribution in [0.15, 0.2) is 36.5 Å². The third-order valence-electron chi connectivity index (χ3n) is 2.71. The average Bonchev–Trinajstić information content (AvgIpc) is 2.83. The third-order valence-corrected chi connectivity index (χ3v) is 2.71. The van der Waals surface area contributed by atoms with Crippen LogP contribution in [0.1, 0.15) is 27.7 Å². The summed E-state index contributed by atoms with van der Waals surface area (Å²) in [6, 6.07) is 9.21. The summed E-state index contributed by atoms with van der Waals surface area (Å²) in [6.45, 7) is 1.95. The fraction of sp³-hybridized carbons (Fsp3) is 0.231. The molecule has 1 unspecified atom stereocenters. The van der Waals surface area contributed by atoms with E-state index in [4.69, 9.17) is 0 Å². The monoisotopic (exact) mass is 245 g/mol. The van der Waals surface area contributed by atoms with Crippen molar-refractivity contribution in [1.82, 2.24) is 15.5 Å². The number of amides is 1. The molecule has 1 heterocycles. The predicted molar refractivity (Wildman–Crippen MR) is 67.1 cm³/mol. The highest BCUT2D eigenvalue weighted by Gasteiger charge is 2.13. The zero-order valence-electron chi connectivity index (χ0n) is 10.1. The summed E-state index contributed by atoms with van der Waals surface area (Å²) >= 11 is 0. The second-order valence-electron chi connectivity index (χ2n) is 4.05. The molecule has 0 saturated carbocycles. The number of nitrogens with one attached hydrogen (secondary N) is 2. The Bertz CT molecular complexity index is 522. The molecule has 0 saturated heterocycles. The summed E-state index contributed by atoms with van der Waals surface area (Å²) in [5.41, 5.74) is 1.98. The molecule has 0 aliphatic heterocycles. The van der Waals surface area contributed by atoms with E-state index in [0.717, 1.165) is 5.56 Å². The summed E-state index contributed by atoms with van der Waals surface area (Å²) in [5.74, 6) is -0.240. The van der Waals surface area contributed by atoms with Crippen LogP contribution in [0.5, 0.6) is 0 Å². The number of carbonyl (C=O) groups excluding carboxylic acids is 1. The van der Waals surface area contributed by atoms with E-state index in [1.54, 1.807) is 6.92 Å². The molecule has 2 rings (SSSR count). The summed E-state index contributed by atoms with van der Waals surface area (Å²) in [5, 5.41) is 19.0. The minimum absolute atomic E-state index is 0.174. The van der Waals surface area contributed by atoms with Gasteiger partial charge in [-0.1, -0.05) is 30.3 Å². The molecule has 1 atom stereocenters. The molecule has 0 fully saturated rings. The third kappa shape index (κ3) is 2.75. The van der Waals surface area contributed by atoms with Crippen LogP contribution in [0.3, 0.4) is 0 Å². The molecule has 2 aromatic rings. The fourth-order valence-electron chi connectivity index (χ4n) is 1.66. The van der Waals surface area contributed by atoms with Crippen molar-refractivity contribution in [2.45, 2.75) is 13.0 Å². The first-order chi connectivity index (χ1) is 8.68. The Morgan fingerprint density at radius 3 is 2.78 bits per heavy atom. The minimum atomic E-state index is -0.706. The number of nitrogens with zero attached hydrogens (tertiary/aromatic N) is 1. The van der Waals surface area contributed by atoms with Gasteiger partial charge in [0, 0.05) is 12.2 Å². The number of H-pyrrole nitrogens is 1. The second-order valence-corrected chi connectivity index (χ2v) is 4.05. The van der Waals surface area contributed by atoms with Crippen molar-refractivity contribution in [2.24, 2.45) is 0 Å². The van der Waals surface area contributed by atoms with E-state index in [1.807, 2.05) is 30.3 Å². The van der Waals surface area contributed by atoms with Crippen molar-refractivity contribution in [2.75, 3.05) is 6.54 Å². The van der Waals surface area contributed by atoms with Crippen molar-refractivity contribution in [3.8, 4) is 0 Å². The van der Waals surface area contributed by atoms with Gasteiger partial charge in [-0.05, 0) is 12.5 Å². The van der Waals surface area contributed by atoms with E-state index in [-0.39, 0.29) is 12.5 Å². The van der Waals surface area contributed by atoms with Crippen LogP contribution >= 0.6 is 0 Å². The lowest BCUT2D eigenvalue weighted by atomic mass is 10.1. The smallest absolute Gasteiger partial charge is 0.254 e. The number of hydrogen-bond donors (Lipinski definition) is 3. The van der Waals surface area contributed by atoms with Gasteiger partial charge in [0.15, 0.2) is 0 Å². The number of aliphatic hydroxyl groups is 1. The van der Waals surface area contributed by atoms with Gasteiger partial charge in [0.25, 0.3) is 5.91 Å². The van der Waals surface area contributed by atoms with E-state index in [1.165, 1.54) is 6.20 Å². The van der Waals surface area contributed by atoms with Crippen LogP contribution < -0.4 is 5.32 Å². The Balaban J connectivity index is 1.93. The molecule has 1 amide bonds. The largest absolute Gasteiger partial charge is 0.387 e. The Hall–Kier alpha value is -2.14. The molecule has 1 aromatic carbocycles. The molecule has 0 spiro atoms. The van der Waals surface area contributed by atoms with E-state index in [0.29, 0.717) is 11.3 Å². The zero-order valence-corrected chi connectivity index (χ0v) is 10.1. The van der Waals surface area contributed by atoms with Crippen molar-refractivity contribution >= 4 is 5.91 Å². The van der Waals surface area contributed by atoms with Crippen LogP contribution in [-0.4, -0.2) is 27.8 Å². The molecule has 3 N–H and O–H groups in total. The van der Waals surface area contributed by atoms with Crippen LogP contribution in [0.25, 0.3) is 0 Å². The quantitative estimate of drug-likeness (QED) is 0.757. The first kappa shape index (κ1) is 12.3. The van der Waals surface area contributed by atoms with E-state index >= 15 is 0 Å². The molecule has 18 heavy (non-hydrogen) atoms.